The molecular formula is C54H40N4O12. The van der Waals surface area contributed by atoms with Crippen LogP contribution in [0.1, 0.15) is 172 Å². The van der Waals surface area contributed by atoms with E-state index in [1.807, 2.05) is 0 Å². The molecule has 6 aromatic rings. The maximum atomic E-state index is 14.9. The smallest absolute Gasteiger partial charge is 0.261 e. The predicted octanol–water partition coefficient (Wildman–Crippen LogP) is 5.44. The minimum atomic E-state index is -1.32. The third-order valence-electron chi connectivity index (χ3n) is 17.7. The number of Topliss-reactive ketones (excluding diaryl/α,β-unsaturated/α-hetero) is 4. The van der Waals surface area contributed by atoms with Gasteiger partial charge in [-0.2, -0.15) is 0 Å². The van der Waals surface area contributed by atoms with Crippen molar-refractivity contribution in [2.24, 2.45) is 23.7 Å². The molecule has 0 radical (unpaired) electrons. The Hall–Kier alpha value is -7.62. The van der Waals surface area contributed by atoms with E-state index in [1.165, 1.54) is 48.5 Å². The van der Waals surface area contributed by atoms with E-state index in [0.29, 0.717) is 51.4 Å². The van der Waals surface area contributed by atoms with E-state index in [-0.39, 0.29) is 103 Å². The van der Waals surface area contributed by atoms with E-state index in [1.54, 1.807) is 0 Å². The van der Waals surface area contributed by atoms with Crippen LogP contribution in [-0.4, -0.2) is 77.8 Å². The molecule has 0 N–H and O–H groups in total. The number of ketones is 4. The van der Waals surface area contributed by atoms with Crippen molar-refractivity contribution >= 4 is 79.1 Å². The molecule has 0 saturated heterocycles. The minimum Gasteiger partial charge on any atom is -0.293 e. The van der Waals surface area contributed by atoms with Crippen LogP contribution < -0.4 is 22.2 Å². The Morgan fingerprint density at radius 2 is 0.643 bits per heavy atom. The molecule has 6 atom stereocenters. The molecule has 20 bridgehead atoms. The van der Waals surface area contributed by atoms with Gasteiger partial charge in [0, 0.05) is 56.2 Å². The fourth-order valence-electron chi connectivity index (χ4n) is 14.6. The normalized spacial score (nSPS) is 28.0. The van der Waals surface area contributed by atoms with Crippen molar-refractivity contribution < 1.29 is 38.4 Å². The summed E-state index contributed by atoms with van der Waals surface area (Å²) in [6.45, 7) is 0. The first kappa shape index (κ1) is 41.4. The maximum Gasteiger partial charge on any atom is 0.261 e. The highest BCUT2D eigenvalue weighted by Gasteiger charge is 2.54. The van der Waals surface area contributed by atoms with Crippen LogP contribution in [0.15, 0.2) is 67.7 Å². The summed E-state index contributed by atoms with van der Waals surface area (Å²) in [6, 6.07) is 7.11. The van der Waals surface area contributed by atoms with Crippen LogP contribution in [0.5, 0.6) is 0 Å². The second-order valence-electron chi connectivity index (χ2n) is 20.7. The molecule has 16 heteroatoms. The Morgan fingerprint density at radius 1 is 0.314 bits per heavy atom. The van der Waals surface area contributed by atoms with Gasteiger partial charge >= 0.3 is 0 Å². The fraction of sp³-hybridized carbons (Fsp3) is 0.370. The highest BCUT2D eigenvalue weighted by molar-refractivity contribution is 6.35. The number of carbonyl (C=O) groups excluding carboxylic acids is 8. The second-order valence-corrected chi connectivity index (χ2v) is 20.7. The van der Waals surface area contributed by atoms with Crippen LogP contribution in [0.25, 0.3) is 32.3 Å². The molecule has 3 fully saturated rings. The molecule has 16 nitrogen and oxygen atoms in total. The van der Waals surface area contributed by atoms with Crippen molar-refractivity contribution in [3.63, 3.8) is 0 Å². The quantitative estimate of drug-likeness (QED) is 0.137. The third-order valence-corrected chi connectivity index (χ3v) is 17.7. The van der Waals surface area contributed by atoms with E-state index < -0.39 is 117 Å². The summed E-state index contributed by atoms with van der Waals surface area (Å²) < 4.78 is 2.09. The Morgan fingerprint density at radius 3 is 1.13 bits per heavy atom. The molecule has 2 aromatic heterocycles. The molecule has 0 unspecified atom stereocenters. The maximum absolute atomic E-state index is 14.9. The standard InChI is InChI=1S/C54H40N4O12/c59-43-23-13-15-25-40-26-16-14-24(39(23)40)44(60)41(43)21-7-1-4-10-36(21)56-49(65)31-19-33-34(20-32(31)50(56)66)54(70)58(53(33)69)38-12-6-5-11-37(38)57-51(67)29-17-27-28(18-30(29)52(57)68)46(62)42(45(27)61)22-8-2-3-9-35(22)55(47(25)63)48(26)64/h13-22,35-38,41-42H,1-12H2/t21-,22-,35-,36-,37-,38-/m1/s1. The van der Waals surface area contributed by atoms with Gasteiger partial charge in [0.2, 0.25) is 0 Å². The molecule has 0 spiro atoms. The highest BCUT2D eigenvalue weighted by atomic mass is 16.2. The fourth-order valence-corrected chi connectivity index (χ4v) is 14.6. The highest BCUT2D eigenvalue weighted by Crippen LogP contribution is 2.49. The van der Waals surface area contributed by atoms with Crippen LogP contribution in [0.3, 0.4) is 0 Å². The van der Waals surface area contributed by atoms with Gasteiger partial charge in [-0.1, -0.05) is 38.5 Å². The van der Waals surface area contributed by atoms with Crippen LogP contribution in [0.4, 0.5) is 0 Å². The number of carbonyl (C=O) groups is 8. The van der Waals surface area contributed by atoms with Gasteiger partial charge in [-0.15, -0.1) is 0 Å². The number of hydrogen-bond donors (Lipinski definition) is 0. The molecule has 4 amide bonds. The van der Waals surface area contributed by atoms with Crippen molar-refractivity contribution in [1.82, 2.24) is 18.9 Å². The lowest BCUT2D eigenvalue weighted by Gasteiger charge is -2.42. The number of rotatable bonds is 0. The third kappa shape index (κ3) is 4.95. The summed E-state index contributed by atoms with van der Waals surface area (Å²) >= 11 is 0. The van der Waals surface area contributed by atoms with Crippen LogP contribution in [0, 0.1) is 23.7 Å². The van der Waals surface area contributed by atoms with Gasteiger partial charge in [-0.25, -0.2) is 0 Å². The molecule has 13 aliphatic heterocycles. The lowest BCUT2D eigenvalue weighted by atomic mass is 9.67. The molecule has 3 saturated carbocycles. The summed E-state index contributed by atoms with van der Waals surface area (Å²) in [4.78, 5) is 178. The predicted molar refractivity (Wildman–Crippen MR) is 249 cm³/mol. The van der Waals surface area contributed by atoms with E-state index in [4.69, 9.17) is 0 Å². The lowest BCUT2D eigenvalue weighted by Crippen LogP contribution is -2.53. The summed E-state index contributed by atoms with van der Waals surface area (Å²) in [5, 5.41) is -0.158. The zero-order chi connectivity index (χ0) is 48.1. The average Bonchev–Trinajstić information content (AvgIpc) is 3.96. The molecule has 70 heavy (non-hydrogen) atoms. The summed E-state index contributed by atoms with van der Waals surface area (Å²) in [5.74, 6) is -9.49. The first-order valence-corrected chi connectivity index (χ1v) is 24.4. The summed E-state index contributed by atoms with van der Waals surface area (Å²) in [7, 11) is 0. The Labute approximate surface area is 394 Å². The van der Waals surface area contributed by atoms with Crippen LogP contribution in [0.2, 0.25) is 0 Å². The topological polar surface area (TPSA) is 221 Å². The van der Waals surface area contributed by atoms with Crippen molar-refractivity contribution in [2.75, 3.05) is 0 Å². The minimum absolute atomic E-state index is 0.0569. The molecule has 348 valence electrons. The van der Waals surface area contributed by atoms with Crippen molar-refractivity contribution in [2.45, 2.75) is 101 Å². The van der Waals surface area contributed by atoms with Gasteiger partial charge in [0.05, 0.1) is 56.6 Å². The van der Waals surface area contributed by atoms with E-state index in [9.17, 15) is 57.5 Å². The number of benzene rings is 4. The first-order valence-electron chi connectivity index (χ1n) is 24.4. The number of aromatic nitrogens is 2. The van der Waals surface area contributed by atoms with Crippen molar-refractivity contribution in [1.29, 1.82) is 0 Å². The summed E-state index contributed by atoms with van der Waals surface area (Å²) in [5.41, 5.74) is -2.92. The zero-order valence-electron chi connectivity index (χ0n) is 37.4. The van der Waals surface area contributed by atoms with Gasteiger partial charge in [0.1, 0.15) is 0 Å². The Kier molecular flexibility index (Phi) is 8.28. The van der Waals surface area contributed by atoms with Gasteiger partial charge in [-0.3, -0.25) is 76.5 Å². The summed E-state index contributed by atoms with van der Waals surface area (Å²) in [6.07, 6.45) is 5.11. The Bertz CT molecular complexity index is 3660. The molecule has 4 aromatic carbocycles. The molecular weight excluding hydrogens is 897 g/mol. The second kappa shape index (κ2) is 14.0. The van der Waals surface area contributed by atoms with Crippen molar-refractivity contribution in [3.05, 3.63) is 134 Å². The molecule has 24 rings (SSSR count). The Balaban J connectivity index is 0.984. The van der Waals surface area contributed by atoms with Crippen LogP contribution in [-0.2, 0) is 0 Å². The number of nitrogens with zero attached hydrogens (tertiary/aromatic N) is 4. The monoisotopic (exact) mass is 936 g/mol. The zero-order valence-corrected chi connectivity index (χ0v) is 37.4. The average molecular weight is 937 g/mol. The van der Waals surface area contributed by atoms with Gasteiger partial charge in [-0.05, 0) is 98.9 Å². The molecule has 18 aliphatic rings. The number of amides is 4. The van der Waals surface area contributed by atoms with E-state index >= 15 is 0 Å². The SMILES string of the molecule is O=C1c2cc3c4cc2C(=O)C1[C@@H]1CCCC[C@H]1N1C(=O)c2ccc5c6c(ccc(c26)C1=O)C(=O)C(C5=O)[C@@H]1CCCC[C@H]1n1c(=O)c2cc5c(=O)n(c(=O)c5cc2c1=O)[C@@H]1CCCC[C@H]1N(C3=O)C4=O. The van der Waals surface area contributed by atoms with E-state index in [0.717, 1.165) is 18.9 Å². The lowest BCUT2D eigenvalue weighted by molar-refractivity contribution is 0.0338. The number of hydrogen-bond acceptors (Lipinski definition) is 12. The number of imide groups is 2. The van der Waals surface area contributed by atoms with Crippen LogP contribution >= 0.6 is 0 Å². The van der Waals surface area contributed by atoms with Gasteiger partial charge < -0.3 is 0 Å². The van der Waals surface area contributed by atoms with Crippen molar-refractivity contribution in [3.8, 4) is 0 Å². The molecule has 15 heterocycles. The van der Waals surface area contributed by atoms with Gasteiger partial charge in [0.25, 0.3) is 45.9 Å². The largest absolute Gasteiger partial charge is 0.293 e. The van der Waals surface area contributed by atoms with Gasteiger partial charge in [0.15, 0.2) is 23.1 Å². The molecule has 5 aliphatic carbocycles. The van der Waals surface area contributed by atoms with E-state index in [2.05, 4.69) is 0 Å². The first-order chi connectivity index (χ1) is 33.8.